The van der Waals surface area contributed by atoms with Gasteiger partial charge in [-0.25, -0.2) is 18.3 Å². The monoisotopic (exact) mass is 291 g/mol. The highest BCUT2D eigenvalue weighted by Gasteiger charge is 2.19. The van der Waals surface area contributed by atoms with Gasteiger partial charge in [-0.3, -0.25) is 9.89 Å². The number of aromatic nitrogens is 4. The van der Waals surface area contributed by atoms with E-state index >= 15 is 0 Å². The predicted octanol–water partition coefficient (Wildman–Crippen LogP) is 1.41. The van der Waals surface area contributed by atoms with Crippen molar-refractivity contribution in [2.75, 3.05) is 0 Å². The SMILES string of the molecule is C[C@H](N)c1nc2c(F)cc(F)cc2c(=O)n1-c1ccn[nH]1. The fraction of sp³-hybridized carbons (Fsp3) is 0.154. The number of nitrogens with zero attached hydrogens (tertiary/aromatic N) is 3. The van der Waals surface area contributed by atoms with Crippen LogP contribution in [0, 0.1) is 11.6 Å². The zero-order valence-electron chi connectivity index (χ0n) is 11.0. The standard InChI is InChI=1S/C13H11F2N5O/c1-6(16)12-18-11-8(4-7(14)5-9(11)15)13(21)20(12)10-2-3-17-19-10/h2-6H,16H2,1H3,(H,17,19)/t6-/m0/s1. The normalized spacial score (nSPS) is 12.8. The van der Waals surface area contributed by atoms with Crippen LogP contribution in [-0.4, -0.2) is 19.7 Å². The Morgan fingerprint density at radius 3 is 2.76 bits per heavy atom. The van der Waals surface area contributed by atoms with Crippen LogP contribution in [0.2, 0.25) is 0 Å². The molecule has 0 aliphatic carbocycles. The molecule has 0 amide bonds. The van der Waals surface area contributed by atoms with E-state index in [0.29, 0.717) is 11.9 Å². The molecule has 0 saturated carbocycles. The quantitative estimate of drug-likeness (QED) is 0.747. The average molecular weight is 291 g/mol. The molecule has 0 unspecified atom stereocenters. The summed E-state index contributed by atoms with van der Waals surface area (Å²) in [6.45, 7) is 1.61. The Balaban J connectivity index is 2.49. The third kappa shape index (κ3) is 2.09. The molecule has 6 nitrogen and oxygen atoms in total. The summed E-state index contributed by atoms with van der Waals surface area (Å²) in [5.41, 5.74) is 4.99. The van der Waals surface area contributed by atoms with Gasteiger partial charge in [-0.2, -0.15) is 5.10 Å². The van der Waals surface area contributed by atoms with Crippen LogP contribution in [0.3, 0.4) is 0 Å². The van der Waals surface area contributed by atoms with Crippen molar-refractivity contribution in [2.24, 2.45) is 5.73 Å². The molecule has 3 N–H and O–H groups in total. The first-order valence-corrected chi connectivity index (χ1v) is 6.16. The Labute approximate surface area is 117 Å². The maximum absolute atomic E-state index is 13.8. The highest BCUT2D eigenvalue weighted by molar-refractivity contribution is 5.78. The lowest BCUT2D eigenvalue weighted by atomic mass is 10.2. The Kier molecular flexibility index (Phi) is 3.02. The van der Waals surface area contributed by atoms with Crippen LogP contribution < -0.4 is 11.3 Å². The van der Waals surface area contributed by atoms with Gasteiger partial charge in [0, 0.05) is 12.1 Å². The lowest BCUT2D eigenvalue weighted by molar-refractivity contribution is 0.587. The van der Waals surface area contributed by atoms with E-state index in [1.807, 2.05) is 0 Å². The van der Waals surface area contributed by atoms with Gasteiger partial charge in [0.25, 0.3) is 5.56 Å². The van der Waals surface area contributed by atoms with Crippen molar-refractivity contribution in [3.8, 4) is 5.82 Å². The summed E-state index contributed by atoms with van der Waals surface area (Å²) in [5.74, 6) is -1.27. The first-order valence-electron chi connectivity index (χ1n) is 6.16. The molecule has 0 bridgehead atoms. The highest BCUT2D eigenvalue weighted by atomic mass is 19.1. The molecule has 0 fully saturated rings. The molecule has 3 rings (SSSR count). The minimum absolute atomic E-state index is 0.155. The zero-order valence-corrected chi connectivity index (χ0v) is 11.0. The third-order valence-electron chi connectivity index (χ3n) is 3.05. The maximum atomic E-state index is 13.8. The molecular weight excluding hydrogens is 280 g/mol. The van der Waals surface area contributed by atoms with Crippen LogP contribution in [0.15, 0.2) is 29.2 Å². The summed E-state index contributed by atoms with van der Waals surface area (Å²) in [6, 6.07) is 2.54. The first kappa shape index (κ1) is 13.4. The summed E-state index contributed by atoms with van der Waals surface area (Å²) >= 11 is 0. The van der Waals surface area contributed by atoms with E-state index < -0.39 is 23.2 Å². The van der Waals surface area contributed by atoms with E-state index in [1.165, 1.54) is 16.8 Å². The fourth-order valence-electron chi connectivity index (χ4n) is 2.14. The van der Waals surface area contributed by atoms with Crippen LogP contribution in [0.4, 0.5) is 8.78 Å². The summed E-state index contributed by atoms with van der Waals surface area (Å²) in [4.78, 5) is 16.6. The number of fused-ring (bicyclic) bond motifs is 1. The van der Waals surface area contributed by atoms with Crippen LogP contribution in [0.5, 0.6) is 0 Å². The molecule has 108 valence electrons. The molecule has 3 aromatic rings. The lowest BCUT2D eigenvalue weighted by Gasteiger charge is -2.14. The number of benzene rings is 1. The Morgan fingerprint density at radius 1 is 1.38 bits per heavy atom. The van der Waals surface area contributed by atoms with E-state index in [-0.39, 0.29) is 16.7 Å². The van der Waals surface area contributed by atoms with Gasteiger partial charge in [-0.1, -0.05) is 0 Å². The molecule has 0 radical (unpaired) electrons. The Bertz CT molecular complexity index is 870. The van der Waals surface area contributed by atoms with Crippen molar-refractivity contribution in [2.45, 2.75) is 13.0 Å². The van der Waals surface area contributed by atoms with Gasteiger partial charge in [-0.15, -0.1) is 0 Å². The lowest BCUT2D eigenvalue weighted by Crippen LogP contribution is -2.28. The molecule has 0 aliphatic rings. The van der Waals surface area contributed by atoms with E-state index in [4.69, 9.17) is 5.73 Å². The first-order chi connectivity index (χ1) is 9.99. The van der Waals surface area contributed by atoms with Crippen LogP contribution >= 0.6 is 0 Å². The Hall–Kier alpha value is -2.61. The molecule has 0 aliphatic heterocycles. The van der Waals surface area contributed by atoms with Crippen molar-refractivity contribution < 1.29 is 8.78 Å². The fourth-order valence-corrected chi connectivity index (χ4v) is 2.14. The number of halogens is 2. The van der Waals surface area contributed by atoms with E-state index in [1.54, 1.807) is 6.92 Å². The molecule has 0 saturated heterocycles. The van der Waals surface area contributed by atoms with Crippen LogP contribution in [0.25, 0.3) is 16.7 Å². The number of aromatic amines is 1. The number of rotatable bonds is 2. The van der Waals surface area contributed by atoms with Gasteiger partial charge in [0.1, 0.15) is 23.0 Å². The third-order valence-corrected chi connectivity index (χ3v) is 3.05. The van der Waals surface area contributed by atoms with Crippen molar-refractivity contribution in [1.82, 2.24) is 19.7 Å². The van der Waals surface area contributed by atoms with Gasteiger partial charge < -0.3 is 5.73 Å². The van der Waals surface area contributed by atoms with Crippen molar-refractivity contribution in [3.05, 3.63) is 52.2 Å². The summed E-state index contributed by atoms with van der Waals surface area (Å²) < 4.78 is 28.3. The second kappa shape index (κ2) is 4.74. The van der Waals surface area contributed by atoms with Gasteiger partial charge >= 0.3 is 0 Å². The minimum atomic E-state index is -0.902. The summed E-state index contributed by atoms with van der Waals surface area (Å²) in [5, 5.41) is 6.21. The van der Waals surface area contributed by atoms with Crippen LogP contribution in [0.1, 0.15) is 18.8 Å². The summed E-state index contributed by atoms with van der Waals surface area (Å²) in [6.07, 6.45) is 1.45. The number of nitrogens with two attached hydrogens (primary N) is 1. The minimum Gasteiger partial charge on any atom is -0.322 e. The number of hydrogen-bond donors (Lipinski definition) is 2. The number of hydrogen-bond acceptors (Lipinski definition) is 4. The van der Waals surface area contributed by atoms with Gasteiger partial charge in [-0.05, 0) is 13.0 Å². The zero-order chi connectivity index (χ0) is 15.1. The van der Waals surface area contributed by atoms with E-state index in [2.05, 4.69) is 15.2 Å². The predicted molar refractivity (Wildman–Crippen MR) is 72.0 cm³/mol. The topological polar surface area (TPSA) is 89.6 Å². The van der Waals surface area contributed by atoms with Gasteiger partial charge in [0.15, 0.2) is 5.82 Å². The molecule has 1 aromatic carbocycles. The smallest absolute Gasteiger partial charge is 0.267 e. The van der Waals surface area contributed by atoms with E-state index in [9.17, 15) is 13.6 Å². The number of H-pyrrole nitrogens is 1. The molecule has 0 spiro atoms. The van der Waals surface area contributed by atoms with Crippen molar-refractivity contribution in [1.29, 1.82) is 0 Å². The average Bonchev–Trinajstić information content (AvgIpc) is 2.92. The molecule has 8 heteroatoms. The number of nitrogens with one attached hydrogen (secondary N) is 1. The summed E-state index contributed by atoms with van der Waals surface area (Å²) in [7, 11) is 0. The van der Waals surface area contributed by atoms with Crippen molar-refractivity contribution in [3.63, 3.8) is 0 Å². The van der Waals surface area contributed by atoms with Crippen molar-refractivity contribution >= 4 is 10.9 Å². The maximum Gasteiger partial charge on any atom is 0.267 e. The molecule has 21 heavy (non-hydrogen) atoms. The van der Waals surface area contributed by atoms with Gasteiger partial charge in [0.2, 0.25) is 0 Å². The highest BCUT2D eigenvalue weighted by Crippen LogP contribution is 2.19. The van der Waals surface area contributed by atoms with Gasteiger partial charge in [0.05, 0.1) is 17.6 Å². The molecular formula is C13H11F2N5O. The molecule has 2 heterocycles. The second-order valence-electron chi connectivity index (χ2n) is 4.62. The largest absolute Gasteiger partial charge is 0.322 e. The molecule has 2 aromatic heterocycles. The van der Waals surface area contributed by atoms with Crippen LogP contribution in [-0.2, 0) is 0 Å². The van der Waals surface area contributed by atoms with E-state index in [0.717, 1.165) is 6.07 Å². The molecule has 1 atom stereocenters. The Morgan fingerprint density at radius 2 is 2.14 bits per heavy atom. The second-order valence-corrected chi connectivity index (χ2v) is 4.62.